The molecule has 1 aromatic heterocycles. The molecule has 6 heteroatoms. The highest BCUT2D eigenvalue weighted by molar-refractivity contribution is 6.44. The van der Waals surface area contributed by atoms with Gasteiger partial charge in [0.2, 0.25) is 0 Å². The van der Waals surface area contributed by atoms with Gasteiger partial charge >= 0.3 is 0 Å². The molecule has 0 atom stereocenters. The van der Waals surface area contributed by atoms with E-state index in [1.165, 1.54) is 6.20 Å². The highest BCUT2D eigenvalue weighted by Gasteiger charge is 2.14. The molecule has 0 unspecified atom stereocenters. The van der Waals surface area contributed by atoms with E-state index < -0.39 is 0 Å². The van der Waals surface area contributed by atoms with Gasteiger partial charge in [0.15, 0.2) is 0 Å². The standard InChI is InChI=1S/C13H6Cl4N2/c14-10-4-12(16)11(15)3-8(10)9-5-19-6-13(17)7(9)1-2-18/h3-6H,1H2. The summed E-state index contributed by atoms with van der Waals surface area (Å²) in [5.74, 6) is 0. The van der Waals surface area contributed by atoms with Gasteiger partial charge in [0.05, 0.1) is 32.6 Å². The summed E-state index contributed by atoms with van der Waals surface area (Å²) in [6.45, 7) is 0. The van der Waals surface area contributed by atoms with Gasteiger partial charge in [-0.25, -0.2) is 0 Å². The second kappa shape index (κ2) is 5.98. The van der Waals surface area contributed by atoms with E-state index in [9.17, 15) is 0 Å². The van der Waals surface area contributed by atoms with Crippen LogP contribution in [-0.4, -0.2) is 4.98 Å². The van der Waals surface area contributed by atoms with Crippen molar-refractivity contribution in [3.63, 3.8) is 0 Å². The predicted octanol–water partition coefficient (Wildman–Crippen LogP) is 5.43. The van der Waals surface area contributed by atoms with Crippen LogP contribution in [0.15, 0.2) is 24.5 Å². The fraction of sp³-hybridized carbons (Fsp3) is 0.0769. The number of hydrogen-bond acceptors (Lipinski definition) is 2. The molecule has 0 bridgehead atoms. The minimum Gasteiger partial charge on any atom is -0.263 e. The lowest BCUT2D eigenvalue weighted by Gasteiger charge is -2.11. The predicted molar refractivity (Wildman–Crippen MR) is 79.0 cm³/mol. The Morgan fingerprint density at radius 3 is 2.26 bits per heavy atom. The number of benzene rings is 1. The van der Waals surface area contributed by atoms with E-state index in [4.69, 9.17) is 51.7 Å². The first-order valence-corrected chi connectivity index (χ1v) is 6.70. The fourth-order valence-corrected chi connectivity index (χ4v) is 2.56. The lowest BCUT2D eigenvalue weighted by molar-refractivity contribution is 1.21. The Bertz CT molecular complexity index is 677. The molecule has 2 rings (SSSR count). The zero-order valence-electron chi connectivity index (χ0n) is 9.42. The number of aromatic nitrogens is 1. The maximum Gasteiger partial charge on any atom is 0.0670 e. The first-order valence-electron chi connectivity index (χ1n) is 5.19. The summed E-state index contributed by atoms with van der Waals surface area (Å²) < 4.78 is 0. The van der Waals surface area contributed by atoms with Crippen molar-refractivity contribution in [1.29, 1.82) is 5.26 Å². The van der Waals surface area contributed by atoms with Gasteiger partial charge in [-0.2, -0.15) is 5.26 Å². The Morgan fingerprint density at radius 2 is 1.58 bits per heavy atom. The van der Waals surface area contributed by atoms with Crippen LogP contribution in [-0.2, 0) is 6.42 Å². The normalized spacial score (nSPS) is 10.3. The van der Waals surface area contributed by atoms with Crippen LogP contribution in [0.2, 0.25) is 20.1 Å². The van der Waals surface area contributed by atoms with Crippen LogP contribution < -0.4 is 0 Å². The van der Waals surface area contributed by atoms with Gasteiger partial charge in [-0.15, -0.1) is 0 Å². The van der Waals surface area contributed by atoms with Crippen LogP contribution >= 0.6 is 46.4 Å². The molecular formula is C13H6Cl4N2. The molecule has 0 saturated carbocycles. The number of rotatable bonds is 2. The zero-order valence-corrected chi connectivity index (χ0v) is 12.4. The average Bonchev–Trinajstić information content (AvgIpc) is 2.37. The van der Waals surface area contributed by atoms with E-state index in [1.807, 2.05) is 0 Å². The van der Waals surface area contributed by atoms with E-state index in [0.717, 1.165) is 0 Å². The van der Waals surface area contributed by atoms with Crippen molar-refractivity contribution in [2.45, 2.75) is 6.42 Å². The number of nitrogens with zero attached hydrogens (tertiary/aromatic N) is 2. The number of hydrogen-bond donors (Lipinski definition) is 0. The molecule has 0 radical (unpaired) electrons. The second-order valence-corrected chi connectivity index (χ2v) is 5.36. The third kappa shape index (κ3) is 2.96. The van der Waals surface area contributed by atoms with Gasteiger partial charge in [0.25, 0.3) is 0 Å². The minimum absolute atomic E-state index is 0.160. The summed E-state index contributed by atoms with van der Waals surface area (Å²) >= 11 is 24.1. The molecule has 0 aliphatic heterocycles. The summed E-state index contributed by atoms with van der Waals surface area (Å²) in [4.78, 5) is 4.02. The van der Waals surface area contributed by atoms with Crippen LogP contribution in [0.25, 0.3) is 11.1 Å². The summed E-state index contributed by atoms with van der Waals surface area (Å²) in [7, 11) is 0. The molecule has 1 heterocycles. The molecule has 0 amide bonds. The smallest absolute Gasteiger partial charge is 0.0670 e. The number of halogens is 4. The molecule has 96 valence electrons. The minimum atomic E-state index is 0.160. The lowest BCUT2D eigenvalue weighted by Crippen LogP contribution is -1.93. The zero-order chi connectivity index (χ0) is 14.0. The van der Waals surface area contributed by atoms with Crippen LogP contribution in [0.4, 0.5) is 0 Å². The monoisotopic (exact) mass is 330 g/mol. The van der Waals surface area contributed by atoms with Gasteiger partial charge in [-0.1, -0.05) is 46.4 Å². The molecule has 19 heavy (non-hydrogen) atoms. The topological polar surface area (TPSA) is 36.7 Å². The highest BCUT2D eigenvalue weighted by atomic mass is 35.5. The largest absolute Gasteiger partial charge is 0.263 e. The fourth-order valence-electron chi connectivity index (χ4n) is 1.68. The van der Waals surface area contributed by atoms with Crippen molar-refractivity contribution in [1.82, 2.24) is 4.98 Å². The lowest BCUT2D eigenvalue weighted by atomic mass is 10.0. The van der Waals surface area contributed by atoms with Crippen molar-refractivity contribution in [3.05, 3.63) is 50.2 Å². The second-order valence-electron chi connectivity index (χ2n) is 3.73. The third-order valence-electron chi connectivity index (χ3n) is 2.56. The summed E-state index contributed by atoms with van der Waals surface area (Å²) in [5, 5.41) is 10.5. The molecule has 0 N–H and O–H groups in total. The van der Waals surface area contributed by atoms with Crippen LogP contribution in [0, 0.1) is 11.3 Å². The van der Waals surface area contributed by atoms with Crippen LogP contribution in [0.5, 0.6) is 0 Å². The van der Waals surface area contributed by atoms with Crippen LogP contribution in [0.1, 0.15) is 5.56 Å². The number of pyridine rings is 1. The molecule has 2 nitrogen and oxygen atoms in total. The maximum absolute atomic E-state index is 8.87. The molecule has 0 spiro atoms. The van der Waals surface area contributed by atoms with Crippen molar-refractivity contribution >= 4 is 46.4 Å². The van der Waals surface area contributed by atoms with Gasteiger partial charge in [-0.3, -0.25) is 4.98 Å². The summed E-state index contributed by atoms with van der Waals surface area (Å²) in [6, 6.07) is 5.26. The van der Waals surface area contributed by atoms with E-state index >= 15 is 0 Å². The SMILES string of the molecule is N#CCc1c(Cl)cncc1-c1cc(Cl)c(Cl)cc1Cl. The van der Waals surface area contributed by atoms with Gasteiger partial charge < -0.3 is 0 Å². The first-order chi connectivity index (χ1) is 9.04. The van der Waals surface area contributed by atoms with Crippen molar-refractivity contribution in [2.75, 3.05) is 0 Å². The van der Waals surface area contributed by atoms with E-state index in [-0.39, 0.29) is 6.42 Å². The average molecular weight is 332 g/mol. The molecule has 0 fully saturated rings. The maximum atomic E-state index is 8.87. The Labute approximate surface area is 130 Å². The Hall–Kier alpha value is -0.980. The summed E-state index contributed by atoms with van der Waals surface area (Å²) in [5.41, 5.74) is 1.99. The van der Waals surface area contributed by atoms with Gasteiger partial charge in [-0.05, 0) is 17.7 Å². The first kappa shape index (κ1) is 14.4. The Balaban J connectivity index is 2.69. The Kier molecular flexibility index (Phi) is 4.54. The molecule has 0 aliphatic rings. The molecule has 0 saturated heterocycles. The van der Waals surface area contributed by atoms with Crippen molar-refractivity contribution < 1.29 is 0 Å². The molecule has 1 aromatic carbocycles. The van der Waals surface area contributed by atoms with E-state index in [0.29, 0.717) is 36.8 Å². The van der Waals surface area contributed by atoms with Crippen molar-refractivity contribution in [3.8, 4) is 17.2 Å². The third-order valence-corrected chi connectivity index (χ3v) is 3.92. The van der Waals surface area contributed by atoms with Crippen molar-refractivity contribution in [2.24, 2.45) is 0 Å². The molecule has 0 aliphatic carbocycles. The summed E-state index contributed by atoms with van der Waals surface area (Å²) in [6.07, 6.45) is 3.25. The van der Waals surface area contributed by atoms with E-state index in [2.05, 4.69) is 11.1 Å². The number of nitriles is 1. The highest BCUT2D eigenvalue weighted by Crippen LogP contribution is 2.38. The van der Waals surface area contributed by atoms with E-state index in [1.54, 1.807) is 18.3 Å². The van der Waals surface area contributed by atoms with Crippen LogP contribution in [0.3, 0.4) is 0 Å². The molecule has 2 aromatic rings. The molecular weight excluding hydrogens is 326 g/mol. The quantitative estimate of drug-likeness (QED) is 0.688. The Morgan fingerprint density at radius 1 is 0.895 bits per heavy atom. The van der Waals surface area contributed by atoms with Gasteiger partial charge in [0.1, 0.15) is 0 Å². The van der Waals surface area contributed by atoms with Gasteiger partial charge in [0, 0.05) is 23.5 Å².